The van der Waals surface area contributed by atoms with Gasteiger partial charge >= 0.3 is 14.9 Å². The summed E-state index contributed by atoms with van der Waals surface area (Å²) in [5.74, 6) is -0.930. The van der Waals surface area contributed by atoms with Crippen molar-refractivity contribution < 1.29 is 32.2 Å². The van der Waals surface area contributed by atoms with Crippen molar-refractivity contribution in [3.05, 3.63) is 77.2 Å². The maximum Gasteiger partial charge on any atom is 0.421 e. The summed E-state index contributed by atoms with van der Waals surface area (Å²) >= 11 is 0. The van der Waals surface area contributed by atoms with E-state index in [4.69, 9.17) is 4.52 Å². The average Bonchev–Trinajstić information content (AvgIpc) is 3.62. The van der Waals surface area contributed by atoms with E-state index in [0.29, 0.717) is 30.3 Å². The lowest BCUT2D eigenvalue weighted by Gasteiger charge is -2.25. The van der Waals surface area contributed by atoms with Crippen LogP contribution in [0.1, 0.15) is 58.8 Å². The predicted octanol–water partition coefficient (Wildman–Crippen LogP) is 6.63. The molecule has 45 heavy (non-hydrogen) atoms. The Kier molecular flexibility index (Phi) is 8.54. The first-order chi connectivity index (χ1) is 21.6. The number of aliphatic hydroxyl groups excluding tert-OH is 1. The van der Waals surface area contributed by atoms with Crippen LogP contribution in [0, 0.1) is 0 Å². The van der Waals surface area contributed by atoms with Gasteiger partial charge in [0.05, 0.1) is 36.2 Å². The summed E-state index contributed by atoms with van der Waals surface area (Å²) in [6, 6.07) is 10.2. The maximum atomic E-state index is 14.1. The molecule has 0 unspecified atom stereocenters. The zero-order valence-corrected chi connectivity index (χ0v) is 25.0. The summed E-state index contributed by atoms with van der Waals surface area (Å²) in [4.78, 5) is 22.8. The lowest BCUT2D eigenvalue weighted by Crippen LogP contribution is -2.21. The second-order valence-electron chi connectivity index (χ2n) is 11.1. The molecule has 2 aliphatic rings. The average molecular weight is 640 g/mol. The number of rotatable bonds is 9. The van der Waals surface area contributed by atoms with E-state index in [1.54, 1.807) is 49.6 Å². The van der Waals surface area contributed by atoms with E-state index in [-0.39, 0.29) is 48.4 Å². The highest BCUT2D eigenvalue weighted by molar-refractivity contribution is 7.17. The molecule has 6 rings (SSSR count). The van der Waals surface area contributed by atoms with Crippen LogP contribution in [-0.2, 0) is 28.4 Å². The number of hydrogen-bond donors (Lipinski definition) is 3. The minimum atomic E-state index is -4.77. The van der Waals surface area contributed by atoms with Crippen LogP contribution >= 0.6 is 8.69 Å². The van der Waals surface area contributed by atoms with Crippen molar-refractivity contribution in [1.82, 2.24) is 24.6 Å². The van der Waals surface area contributed by atoms with Gasteiger partial charge in [-0.15, -0.1) is 0 Å². The molecule has 2 aromatic carbocycles. The van der Waals surface area contributed by atoms with Gasteiger partial charge in [-0.25, -0.2) is 9.55 Å². The molecule has 4 aromatic rings. The van der Waals surface area contributed by atoms with Crippen LogP contribution in [0.25, 0.3) is 11.1 Å². The smallest absolute Gasteiger partial charge is 0.393 e. The van der Waals surface area contributed by atoms with Gasteiger partial charge in [0.25, 0.3) is 5.91 Å². The predicted molar refractivity (Wildman–Crippen MR) is 159 cm³/mol. The van der Waals surface area contributed by atoms with Crippen molar-refractivity contribution in [3.63, 3.8) is 0 Å². The number of aromatic nitrogens is 4. The Balaban J connectivity index is 1.31. The SMILES string of the molecule is CN1Cc2c(-c3cnn(C4CCC(O)CC4)c3)ccc(Nc3nc(Nc4ccc(COP=O)cc4)ncc3C(F)(F)F)c2C1=O. The third-order valence-electron chi connectivity index (χ3n) is 8.06. The third-order valence-corrected chi connectivity index (χ3v) is 8.30. The first-order valence-corrected chi connectivity index (χ1v) is 15.0. The van der Waals surface area contributed by atoms with Crippen LogP contribution in [0.3, 0.4) is 0 Å². The number of amides is 1. The molecule has 2 aromatic heterocycles. The molecule has 15 heteroatoms. The zero-order chi connectivity index (χ0) is 31.7. The number of hydrogen-bond acceptors (Lipinski definition) is 9. The molecule has 1 fully saturated rings. The van der Waals surface area contributed by atoms with Crippen molar-refractivity contribution in [2.75, 3.05) is 17.7 Å². The Morgan fingerprint density at radius 3 is 2.53 bits per heavy atom. The van der Waals surface area contributed by atoms with Crippen molar-refractivity contribution in [1.29, 1.82) is 0 Å². The van der Waals surface area contributed by atoms with Gasteiger partial charge in [-0.05, 0) is 60.6 Å². The van der Waals surface area contributed by atoms with Crippen LogP contribution < -0.4 is 10.6 Å². The number of carbonyl (C=O) groups excluding carboxylic acids is 1. The topological polar surface area (TPSA) is 135 Å². The van der Waals surface area contributed by atoms with E-state index in [1.165, 1.54) is 4.90 Å². The molecule has 0 saturated heterocycles. The van der Waals surface area contributed by atoms with E-state index >= 15 is 0 Å². The zero-order valence-electron chi connectivity index (χ0n) is 24.1. The first kappa shape index (κ1) is 30.6. The highest BCUT2D eigenvalue weighted by Crippen LogP contribution is 2.41. The molecule has 1 aliphatic heterocycles. The first-order valence-electron chi connectivity index (χ1n) is 14.3. The Morgan fingerprint density at radius 1 is 1.07 bits per heavy atom. The maximum absolute atomic E-state index is 14.1. The van der Waals surface area contributed by atoms with E-state index in [1.807, 2.05) is 10.9 Å². The molecule has 1 aliphatic carbocycles. The molecule has 0 radical (unpaired) electrons. The molecule has 3 N–H and O–H groups in total. The number of alkyl halides is 3. The number of aliphatic hydroxyl groups is 1. The number of anilines is 4. The molecule has 0 bridgehead atoms. The van der Waals surface area contributed by atoms with E-state index in [2.05, 4.69) is 25.7 Å². The second-order valence-corrected chi connectivity index (χ2v) is 11.5. The Bertz CT molecular complexity index is 1720. The lowest BCUT2D eigenvalue weighted by atomic mass is 9.93. The summed E-state index contributed by atoms with van der Waals surface area (Å²) in [6.45, 7) is 0.402. The third kappa shape index (κ3) is 6.53. The van der Waals surface area contributed by atoms with Gasteiger partial charge in [-0.2, -0.15) is 23.3 Å². The summed E-state index contributed by atoms with van der Waals surface area (Å²) in [7, 11) is 1.19. The highest BCUT2D eigenvalue weighted by atomic mass is 31.1. The number of benzene rings is 2. The van der Waals surface area contributed by atoms with Gasteiger partial charge in [0.15, 0.2) is 0 Å². The quantitative estimate of drug-likeness (QED) is 0.173. The van der Waals surface area contributed by atoms with Crippen molar-refractivity contribution >= 4 is 37.7 Å². The molecule has 1 saturated carbocycles. The van der Waals surface area contributed by atoms with Crippen LogP contribution in [0.4, 0.5) is 36.3 Å². The summed E-state index contributed by atoms with van der Waals surface area (Å²) in [6.07, 6.45) is 2.31. The number of nitrogens with zero attached hydrogens (tertiary/aromatic N) is 5. The molecule has 1 amide bonds. The number of carbonyl (C=O) groups is 1. The molecule has 11 nitrogen and oxygen atoms in total. The Hall–Kier alpha value is -4.39. The second kappa shape index (κ2) is 12.5. The van der Waals surface area contributed by atoms with Crippen LogP contribution in [0.2, 0.25) is 0 Å². The lowest BCUT2D eigenvalue weighted by molar-refractivity contribution is -0.137. The van der Waals surface area contributed by atoms with E-state index in [9.17, 15) is 27.6 Å². The number of nitrogens with one attached hydrogen (secondary N) is 2. The molecule has 234 valence electrons. The van der Waals surface area contributed by atoms with Crippen molar-refractivity contribution in [3.8, 4) is 11.1 Å². The standard InChI is InChI=1S/C30H29F3N7O4P/c1-39-15-23-22(18-12-35-40(14-18)20-6-8-21(41)9-7-20)10-11-25(26(23)28(39)42)37-27-24(30(31,32)33)13-34-29(38-27)36-19-4-2-17(3-5-19)16-44-45-43/h2-5,10-14,20-21,41H,6-9,15-16H2,1H3,(H2,34,36,37,38). The monoisotopic (exact) mass is 639 g/mol. The Morgan fingerprint density at radius 2 is 1.82 bits per heavy atom. The van der Waals surface area contributed by atoms with Gasteiger partial charge < -0.3 is 20.6 Å². The van der Waals surface area contributed by atoms with Gasteiger partial charge in [0.1, 0.15) is 11.4 Å². The summed E-state index contributed by atoms with van der Waals surface area (Å²) in [5, 5.41) is 20.1. The Labute approximate surface area is 257 Å². The van der Waals surface area contributed by atoms with Gasteiger partial charge in [0, 0.05) is 37.2 Å². The van der Waals surface area contributed by atoms with Gasteiger partial charge in [-0.1, -0.05) is 18.2 Å². The fraction of sp³-hybridized carbons (Fsp3) is 0.333. The largest absolute Gasteiger partial charge is 0.421 e. The van der Waals surface area contributed by atoms with Gasteiger partial charge in [-0.3, -0.25) is 14.0 Å². The van der Waals surface area contributed by atoms with Crippen molar-refractivity contribution in [2.24, 2.45) is 0 Å². The van der Waals surface area contributed by atoms with Crippen LogP contribution in [0.15, 0.2) is 55.0 Å². The fourth-order valence-corrected chi connectivity index (χ4v) is 5.92. The molecule has 0 spiro atoms. The van der Waals surface area contributed by atoms with E-state index < -0.39 is 26.2 Å². The van der Waals surface area contributed by atoms with E-state index in [0.717, 1.165) is 29.5 Å². The number of fused-ring (bicyclic) bond motifs is 1. The molecular formula is C30H29F3N7O4P. The van der Waals surface area contributed by atoms with Crippen LogP contribution in [0.5, 0.6) is 0 Å². The van der Waals surface area contributed by atoms with Gasteiger partial charge in [0.2, 0.25) is 5.95 Å². The minimum Gasteiger partial charge on any atom is -0.393 e. The van der Waals surface area contributed by atoms with Crippen molar-refractivity contribution in [2.45, 2.75) is 57.2 Å². The normalized spacial score (nSPS) is 18.3. The molecular weight excluding hydrogens is 610 g/mol. The molecule has 3 heterocycles. The van der Waals surface area contributed by atoms with Crippen LogP contribution in [-0.4, -0.2) is 48.8 Å². The number of halogens is 3. The minimum absolute atomic E-state index is 0.0908. The molecule has 0 atom stereocenters. The fourth-order valence-electron chi connectivity index (χ4n) is 5.72. The highest BCUT2D eigenvalue weighted by Gasteiger charge is 2.37. The summed E-state index contributed by atoms with van der Waals surface area (Å²) in [5.41, 5.74) is 2.85. The summed E-state index contributed by atoms with van der Waals surface area (Å²) < 4.78 is 59.4.